The third-order valence-electron chi connectivity index (χ3n) is 2.49. The summed E-state index contributed by atoms with van der Waals surface area (Å²) in [6, 6.07) is 0. The monoisotopic (exact) mass is 283 g/mol. The van der Waals surface area contributed by atoms with Gasteiger partial charge >= 0.3 is 0 Å². The Hall–Kier alpha value is 0.544. The zero-order chi connectivity index (χ0) is 10.8. The van der Waals surface area contributed by atoms with Gasteiger partial charge in [0.1, 0.15) is 0 Å². The Balaban J connectivity index is 0. The number of hydrogen-bond donors (Lipinski definition) is 0. The minimum Gasteiger partial charge on any atom is -0.662 e. The van der Waals surface area contributed by atoms with Crippen LogP contribution in [-0.4, -0.2) is 13.1 Å². The maximum atomic E-state index is 4.34. The van der Waals surface area contributed by atoms with Crippen molar-refractivity contribution >= 4 is 0 Å². The molecule has 15 heavy (non-hydrogen) atoms. The van der Waals surface area contributed by atoms with Gasteiger partial charge in [0.05, 0.1) is 0 Å². The molecule has 1 aliphatic heterocycles. The topological polar surface area (TPSA) is 14.1 Å². The molecular formula is C13H24NY-. The van der Waals surface area contributed by atoms with Crippen molar-refractivity contribution in [2.75, 3.05) is 13.1 Å². The predicted molar refractivity (Wildman–Crippen MR) is 65.7 cm³/mol. The Morgan fingerprint density at radius 1 is 1.33 bits per heavy atom. The van der Waals surface area contributed by atoms with E-state index < -0.39 is 0 Å². The molecule has 0 unspecified atom stereocenters. The third-order valence-corrected chi connectivity index (χ3v) is 2.49. The van der Waals surface area contributed by atoms with Gasteiger partial charge in [0.25, 0.3) is 0 Å². The summed E-state index contributed by atoms with van der Waals surface area (Å²) in [4.78, 5) is 0. The van der Waals surface area contributed by atoms with E-state index in [0.29, 0.717) is 0 Å². The first-order valence-electron chi connectivity index (χ1n) is 5.56. The number of piperidine rings is 1. The summed E-state index contributed by atoms with van der Waals surface area (Å²) in [5.41, 5.74) is 1.54. The van der Waals surface area contributed by atoms with E-state index in [1.807, 2.05) is 6.92 Å². The summed E-state index contributed by atoms with van der Waals surface area (Å²) in [5.74, 6) is 0.920. The molecule has 0 saturated carbocycles. The van der Waals surface area contributed by atoms with Crippen LogP contribution in [0.4, 0.5) is 0 Å². The van der Waals surface area contributed by atoms with E-state index in [0.717, 1.165) is 19.0 Å². The van der Waals surface area contributed by atoms with Crippen molar-refractivity contribution in [2.45, 2.75) is 40.0 Å². The van der Waals surface area contributed by atoms with E-state index in [4.69, 9.17) is 0 Å². The SMILES string of the molecule is C/C=C(\C)CC1CC[N-]CC1.C=CC.[Y]. The molecule has 1 radical (unpaired) electrons. The molecule has 85 valence electrons. The van der Waals surface area contributed by atoms with Gasteiger partial charge in [0.15, 0.2) is 0 Å². The summed E-state index contributed by atoms with van der Waals surface area (Å²) < 4.78 is 0. The first-order chi connectivity index (χ1) is 6.74. The standard InChI is InChI=1S/C10H18N.C3H6.Y/c1-3-9(2)8-10-4-6-11-7-5-10;1-3-2;/h3,10H,4-8H2,1-2H3;3H,1H2,2H3;/q-1;;/b9-3+;;. The van der Waals surface area contributed by atoms with Crippen molar-refractivity contribution in [2.24, 2.45) is 5.92 Å². The van der Waals surface area contributed by atoms with Crippen LogP contribution in [0.1, 0.15) is 40.0 Å². The van der Waals surface area contributed by atoms with Crippen molar-refractivity contribution in [3.8, 4) is 0 Å². The molecule has 1 fully saturated rings. The van der Waals surface area contributed by atoms with Gasteiger partial charge in [-0.05, 0) is 33.1 Å². The van der Waals surface area contributed by atoms with Crippen LogP contribution >= 0.6 is 0 Å². The second-order valence-corrected chi connectivity index (χ2v) is 3.86. The molecule has 2 heteroatoms. The fraction of sp³-hybridized carbons (Fsp3) is 0.692. The number of rotatable bonds is 2. The molecule has 0 aliphatic carbocycles. The van der Waals surface area contributed by atoms with Crippen molar-refractivity contribution in [1.82, 2.24) is 0 Å². The molecule has 1 rings (SSSR count). The smallest absolute Gasteiger partial charge is 0 e. The van der Waals surface area contributed by atoms with E-state index in [-0.39, 0.29) is 32.7 Å². The van der Waals surface area contributed by atoms with E-state index in [2.05, 4.69) is 31.8 Å². The Morgan fingerprint density at radius 2 is 1.80 bits per heavy atom. The molecule has 0 aromatic carbocycles. The Kier molecular flexibility index (Phi) is 15.1. The van der Waals surface area contributed by atoms with Crippen LogP contribution in [0.15, 0.2) is 24.3 Å². The van der Waals surface area contributed by atoms with Gasteiger partial charge in [0, 0.05) is 32.7 Å². The normalized spacial score (nSPS) is 17.1. The molecule has 1 heterocycles. The molecular weight excluding hydrogens is 259 g/mol. The maximum absolute atomic E-state index is 4.34. The molecule has 1 aliphatic rings. The van der Waals surface area contributed by atoms with Crippen LogP contribution in [0.5, 0.6) is 0 Å². The Bertz CT molecular complexity index is 169. The summed E-state index contributed by atoms with van der Waals surface area (Å²) in [7, 11) is 0. The van der Waals surface area contributed by atoms with Gasteiger partial charge in [0.2, 0.25) is 0 Å². The van der Waals surface area contributed by atoms with E-state index in [1.165, 1.54) is 24.8 Å². The molecule has 0 spiro atoms. The third kappa shape index (κ3) is 10.8. The molecule has 1 saturated heterocycles. The summed E-state index contributed by atoms with van der Waals surface area (Å²) >= 11 is 0. The van der Waals surface area contributed by atoms with Gasteiger partial charge in [-0.2, -0.15) is 0 Å². The van der Waals surface area contributed by atoms with Gasteiger partial charge in [-0.3, -0.25) is 0 Å². The Morgan fingerprint density at radius 3 is 2.20 bits per heavy atom. The quantitative estimate of drug-likeness (QED) is 0.670. The summed E-state index contributed by atoms with van der Waals surface area (Å²) in [5, 5.41) is 4.34. The average Bonchev–Trinajstić information content (AvgIpc) is 2.20. The second-order valence-electron chi connectivity index (χ2n) is 3.86. The zero-order valence-corrected chi connectivity index (χ0v) is 13.3. The molecule has 0 amide bonds. The second kappa shape index (κ2) is 12.6. The molecule has 0 aromatic heterocycles. The van der Waals surface area contributed by atoms with E-state index >= 15 is 0 Å². The zero-order valence-electron chi connectivity index (χ0n) is 10.5. The van der Waals surface area contributed by atoms with Crippen LogP contribution in [0, 0.1) is 5.92 Å². The fourth-order valence-electron chi connectivity index (χ4n) is 1.58. The predicted octanol–water partition coefficient (Wildman–Crippen LogP) is 4.32. The molecule has 0 bridgehead atoms. The van der Waals surface area contributed by atoms with Gasteiger partial charge in [-0.1, -0.05) is 30.6 Å². The van der Waals surface area contributed by atoms with Crippen molar-refractivity contribution in [3.05, 3.63) is 29.6 Å². The van der Waals surface area contributed by atoms with Gasteiger partial charge in [-0.25, -0.2) is 0 Å². The van der Waals surface area contributed by atoms with Crippen molar-refractivity contribution < 1.29 is 32.7 Å². The minimum atomic E-state index is 0. The Labute approximate surface area is 121 Å². The van der Waals surface area contributed by atoms with Gasteiger partial charge < -0.3 is 5.32 Å². The summed E-state index contributed by atoms with van der Waals surface area (Å²) in [6.45, 7) is 11.8. The van der Waals surface area contributed by atoms with Crippen LogP contribution in [0.25, 0.3) is 5.32 Å². The molecule has 0 atom stereocenters. The van der Waals surface area contributed by atoms with E-state index in [1.54, 1.807) is 6.08 Å². The molecule has 0 aromatic rings. The molecule has 0 N–H and O–H groups in total. The first kappa shape index (κ1) is 17.9. The average molecular weight is 283 g/mol. The van der Waals surface area contributed by atoms with Crippen molar-refractivity contribution in [1.29, 1.82) is 0 Å². The largest absolute Gasteiger partial charge is 0.662 e. The van der Waals surface area contributed by atoms with Crippen LogP contribution in [0.2, 0.25) is 0 Å². The summed E-state index contributed by atoms with van der Waals surface area (Å²) in [6.07, 6.45) is 7.90. The van der Waals surface area contributed by atoms with Crippen LogP contribution in [-0.2, 0) is 32.7 Å². The van der Waals surface area contributed by atoms with Crippen molar-refractivity contribution in [3.63, 3.8) is 0 Å². The fourth-order valence-corrected chi connectivity index (χ4v) is 1.58. The first-order valence-corrected chi connectivity index (χ1v) is 5.56. The maximum Gasteiger partial charge on any atom is 0 e. The van der Waals surface area contributed by atoms with E-state index in [9.17, 15) is 0 Å². The van der Waals surface area contributed by atoms with Gasteiger partial charge in [-0.15, -0.1) is 19.7 Å². The number of allylic oxidation sites excluding steroid dienone is 3. The van der Waals surface area contributed by atoms with Crippen LogP contribution in [0.3, 0.4) is 0 Å². The van der Waals surface area contributed by atoms with Crippen LogP contribution < -0.4 is 0 Å². The number of hydrogen-bond acceptors (Lipinski definition) is 0. The number of nitrogens with zero attached hydrogens (tertiary/aromatic N) is 1. The molecule has 1 nitrogen and oxygen atoms in total. The minimum absolute atomic E-state index is 0.